The Morgan fingerprint density at radius 2 is 0.980 bits per heavy atom. The molecule has 4 aromatic heterocycles. The van der Waals surface area contributed by atoms with Crippen molar-refractivity contribution in [2.45, 2.75) is 0 Å². The molecule has 0 aliphatic carbocycles. The Balaban J connectivity index is 1.11. The molecule has 0 N–H and O–H groups in total. The van der Waals surface area contributed by atoms with Gasteiger partial charge >= 0.3 is 0 Å². The Bertz CT molecular complexity index is 2850. The van der Waals surface area contributed by atoms with Gasteiger partial charge in [0.1, 0.15) is 22.3 Å². The van der Waals surface area contributed by atoms with Gasteiger partial charge in [0.25, 0.3) is 0 Å². The molecule has 0 amide bonds. The van der Waals surface area contributed by atoms with Crippen molar-refractivity contribution in [3.8, 4) is 56.2 Å². The summed E-state index contributed by atoms with van der Waals surface area (Å²) in [5.41, 5.74) is 12.1. The third-order valence-corrected chi connectivity index (χ3v) is 9.42. The van der Waals surface area contributed by atoms with Crippen LogP contribution in [0.4, 0.5) is 0 Å². The highest BCUT2D eigenvalue weighted by molar-refractivity contribution is 6.15. The van der Waals surface area contributed by atoms with E-state index in [4.69, 9.17) is 18.8 Å². The highest BCUT2D eigenvalue weighted by Gasteiger charge is 2.18. The van der Waals surface area contributed by atoms with Gasteiger partial charge in [0.2, 0.25) is 0 Å². The van der Waals surface area contributed by atoms with Gasteiger partial charge in [-0.3, -0.25) is 4.98 Å². The second kappa shape index (κ2) is 11.4. The molecule has 10 aromatic rings. The monoisotopic (exact) mass is 641 g/mol. The Kier molecular flexibility index (Phi) is 6.42. The van der Waals surface area contributed by atoms with E-state index < -0.39 is 0 Å². The summed E-state index contributed by atoms with van der Waals surface area (Å²) in [4.78, 5) is 14.4. The summed E-state index contributed by atoms with van der Waals surface area (Å²) < 4.78 is 13.1. The number of nitrogens with zero attached hydrogens (tertiary/aromatic N) is 3. The molecule has 0 aliphatic rings. The molecule has 0 aliphatic heterocycles. The Morgan fingerprint density at radius 3 is 1.72 bits per heavy atom. The smallest absolute Gasteiger partial charge is 0.160 e. The van der Waals surface area contributed by atoms with E-state index in [0.717, 1.165) is 94.2 Å². The average Bonchev–Trinajstić information content (AvgIpc) is 3.77. The molecule has 0 fully saturated rings. The minimum atomic E-state index is 0.657. The minimum absolute atomic E-state index is 0.657. The first-order valence-electron chi connectivity index (χ1n) is 16.6. The molecule has 0 bridgehead atoms. The van der Waals surface area contributed by atoms with Crippen molar-refractivity contribution < 1.29 is 8.83 Å². The van der Waals surface area contributed by atoms with Crippen molar-refractivity contribution in [2.75, 3.05) is 0 Å². The molecule has 0 spiro atoms. The topological polar surface area (TPSA) is 65.0 Å². The third-order valence-electron chi connectivity index (χ3n) is 9.42. The number of pyridine rings is 1. The van der Waals surface area contributed by atoms with Crippen LogP contribution in [-0.2, 0) is 0 Å². The van der Waals surface area contributed by atoms with Gasteiger partial charge in [-0.1, -0.05) is 121 Å². The van der Waals surface area contributed by atoms with Gasteiger partial charge in [-0.25, -0.2) is 9.97 Å². The van der Waals surface area contributed by atoms with Crippen molar-refractivity contribution in [2.24, 2.45) is 0 Å². The van der Waals surface area contributed by atoms with Crippen LogP contribution in [0.15, 0.2) is 173 Å². The zero-order chi connectivity index (χ0) is 33.0. The second-order valence-corrected chi connectivity index (χ2v) is 12.4. The molecule has 0 unspecified atom stereocenters. The van der Waals surface area contributed by atoms with Crippen LogP contribution in [0.25, 0.3) is 100 Å². The van der Waals surface area contributed by atoms with Crippen LogP contribution in [-0.4, -0.2) is 15.0 Å². The van der Waals surface area contributed by atoms with Gasteiger partial charge in [-0.15, -0.1) is 0 Å². The van der Waals surface area contributed by atoms with Crippen LogP contribution in [0.1, 0.15) is 0 Å². The highest BCUT2D eigenvalue weighted by atomic mass is 16.3. The van der Waals surface area contributed by atoms with E-state index in [2.05, 4.69) is 114 Å². The van der Waals surface area contributed by atoms with Crippen LogP contribution in [0.2, 0.25) is 0 Å². The molecule has 234 valence electrons. The first-order chi connectivity index (χ1) is 24.8. The molecule has 50 heavy (non-hydrogen) atoms. The molecule has 0 atom stereocenters. The number of hydrogen-bond acceptors (Lipinski definition) is 5. The van der Waals surface area contributed by atoms with Crippen LogP contribution >= 0.6 is 0 Å². The van der Waals surface area contributed by atoms with Gasteiger partial charge in [0.15, 0.2) is 5.82 Å². The maximum Gasteiger partial charge on any atom is 0.160 e. The summed E-state index contributed by atoms with van der Waals surface area (Å²) in [5, 5.41) is 4.30. The van der Waals surface area contributed by atoms with Crippen LogP contribution in [0.3, 0.4) is 0 Å². The highest BCUT2D eigenvalue weighted by Crippen LogP contribution is 2.42. The van der Waals surface area contributed by atoms with E-state index in [1.165, 1.54) is 0 Å². The summed E-state index contributed by atoms with van der Waals surface area (Å²) in [6.07, 6.45) is 3.66. The van der Waals surface area contributed by atoms with E-state index in [1.54, 1.807) is 6.20 Å². The lowest BCUT2D eigenvalue weighted by Crippen LogP contribution is -1.96. The Labute approximate surface area is 287 Å². The second-order valence-electron chi connectivity index (χ2n) is 12.4. The number of benzene rings is 6. The van der Waals surface area contributed by atoms with E-state index in [9.17, 15) is 0 Å². The molecule has 0 saturated heterocycles. The van der Waals surface area contributed by atoms with Crippen molar-refractivity contribution >= 4 is 43.9 Å². The Morgan fingerprint density at radius 1 is 0.380 bits per heavy atom. The van der Waals surface area contributed by atoms with Gasteiger partial charge in [0, 0.05) is 61.8 Å². The van der Waals surface area contributed by atoms with Crippen molar-refractivity contribution in [3.63, 3.8) is 0 Å². The summed E-state index contributed by atoms with van der Waals surface area (Å²) in [5.74, 6) is 0.657. The average molecular weight is 642 g/mol. The van der Waals surface area contributed by atoms with E-state index >= 15 is 0 Å². The number of fused-ring (bicyclic) bond motifs is 6. The predicted octanol–water partition coefficient (Wildman–Crippen LogP) is 12.0. The summed E-state index contributed by atoms with van der Waals surface area (Å²) >= 11 is 0. The fourth-order valence-electron chi connectivity index (χ4n) is 6.96. The summed E-state index contributed by atoms with van der Waals surface area (Å²) in [6.45, 7) is 0. The molecular weight excluding hydrogens is 615 g/mol. The standard InChI is InChI=1S/C45H27N3O2/c1-2-9-29(10-3-1)39-26-40(48-45(47-39)30-20-18-28(19-21-30)32-11-8-24-46-27-32)31-22-23-34-36-14-7-16-38(44(36)50-42(34)25-31)37-15-6-13-35-33-12-4-5-17-41(33)49-43(35)37/h1-27H. The van der Waals surface area contributed by atoms with Crippen molar-refractivity contribution in [1.29, 1.82) is 0 Å². The normalized spacial score (nSPS) is 11.6. The SMILES string of the molecule is c1ccc(-c2cc(-c3ccc4c(c3)oc3c(-c5cccc6c5oc5ccccc56)cccc34)nc(-c3ccc(-c4cccnc4)cc3)n2)cc1. The molecule has 10 rings (SSSR count). The van der Waals surface area contributed by atoms with Crippen molar-refractivity contribution in [3.05, 3.63) is 164 Å². The number of aromatic nitrogens is 3. The quantitative estimate of drug-likeness (QED) is 0.187. The van der Waals surface area contributed by atoms with Gasteiger partial charge < -0.3 is 8.83 Å². The largest absolute Gasteiger partial charge is 0.455 e. The molecule has 0 saturated carbocycles. The zero-order valence-corrected chi connectivity index (χ0v) is 26.7. The molecule has 6 aromatic carbocycles. The lowest BCUT2D eigenvalue weighted by molar-refractivity contribution is 0.665. The minimum Gasteiger partial charge on any atom is -0.455 e. The number of rotatable bonds is 5. The lowest BCUT2D eigenvalue weighted by atomic mass is 9.99. The maximum absolute atomic E-state index is 6.72. The fraction of sp³-hybridized carbons (Fsp3) is 0. The van der Waals surface area contributed by atoms with Gasteiger partial charge in [-0.2, -0.15) is 0 Å². The molecule has 0 radical (unpaired) electrons. The van der Waals surface area contributed by atoms with Crippen LogP contribution in [0.5, 0.6) is 0 Å². The molecular formula is C45H27N3O2. The Hall–Kier alpha value is -6.85. The molecule has 5 nitrogen and oxygen atoms in total. The van der Waals surface area contributed by atoms with E-state index in [1.807, 2.05) is 48.7 Å². The van der Waals surface area contributed by atoms with E-state index in [0.29, 0.717) is 5.82 Å². The summed E-state index contributed by atoms with van der Waals surface area (Å²) in [7, 11) is 0. The number of para-hydroxylation sites is 3. The van der Waals surface area contributed by atoms with Crippen LogP contribution in [0, 0.1) is 0 Å². The molecule has 5 heteroatoms. The van der Waals surface area contributed by atoms with Gasteiger partial charge in [0.05, 0.1) is 11.4 Å². The van der Waals surface area contributed by atoms with Crippen molar-refractivity contribution in [1.82, 2.24) is 15.0 Å². The predicted molar refractivity (Wildman–Crippen MR) is 202 cm³/mol. The van der Waals surface area contributed by atoms with Gasteiger partial charge in [-0.05, 0) is 41.5 Å². The first-order valence-corrected chi connectivity index (χ1v) is 16.6. The fourth-order valence-corrected chi connectivity index (χ4v) is 6.96. The third kappa shape index (κ3) is 4.67. The zero-order valence-electron chi connectivity index (χ0n) is 26.7. The lowest BCUT2D eigenvalue weighted by Gasteiger charge is -2.10. The summed E-state index contributed by atoms with van der Waals surface area (Å²) in [6, 6.07) is 51.8. The first kappa shape index (κ1) is 28.2. The number of hydrogen-bond donors (Lipinski definition) is 0. The number of furan rings is 2. The van der Waals surface area contributed by atoms with E-state index in [-0.39, 0.29) is 0 Å². The maximum atomic E-state index is 6.72. The molecule has 4 heterocycles. The van der Waals surface area contributed by atoms with Crippen LogP contribution < -0.4 is 0 Å².